The minimum absolute atomic E-state index is 0. The van der Waals surface area contributed by atoms with Crippen LogP contribution in [-0.2, 0) is 13.6 Å². The standard InChI is InChI=1S/C13H21N7O.HI/c1-9-10(5-17-19-9)4-15-13(14-2)16-7-12(21)11-6-18-20(3)8-11;/h5-6,8,12,21H,4,7H2,1-3H3,(H,17,19)(H2,14,15,16);1H. The van der Waals surface area contributed by atoms with Crippen molar-refractivity contribution in [2.24, 2.45) is 12.0 Å². The minimum atomic E-state index is -0.632. The van der Waals surface area contributed by atoms with Gasteiger partial charge in [-0.15, -0.1) is 24.0 Å². The molecule has 2 heterocycles. The molecular formula is C13H22IN7O. The van der Waals surface area contributed by atoms with Gasteiger partial charge in [0.15, 0.2) is 5.96 Å². The highest BCUT2D eigenvalue weighted by molar-refractivity contribution is 14.0. The molecular weight excluding hydrogens is 397 g/mol. The van der Waals surface area contributed by atoms with Gasteiger partial charge in [0, 0.05) is 50.2 Å². The van der Waals surface area contributed by atoms with Gasteiger partial charge >= 0.3 is 0 Å². The van der Waals surface area contributed by atoms with Crippen LogP contribution in [0, 0.1) is 6.92 Å². The molecule has 0 bridgehead atoms. The van der Waals surface area contributed by atoms with Crippen molar-refractivity contribution in [3.63, 3.8) is 0 Å². The van der Waals surface area contributed by atoms with E-state index >= 15 is 0 Å². The Morgan fingerprint density at radius 3 is 2.77 bits per heavy atom. The number of halogens is 1. The van der Waals surface area contributed by atoms with Crippen molar-refractivity contribution in [1.29, 1.82) is 0 Å². The summed E-state index contributed by atoms with van der Waals surface area (Å²) >= 11 is 0. The first kappa shape index (κ1) is 18.4. The van der Waals surface area contributed by atoms with Crippen molar-refractivity contribution in [3.8, 4) is 0 Å². The smallest absolute Gasteiger partial charge is 0.191 e. The van der Waals surface area contributed by atoms with E-state index in [0.29, 0.717) is 19.0 Å². The third kappa shape index (κ3) is 4.98. The average molecular weight is 419 g/mol. The van der Waals surface area contributed by atoms with Crippen LogP contribution in [0.2, 0.25) is 0 Å². The van der Waals surface area contributed by atoms with Crippen LogP contribution < -0.4 is 10.6 Å². The predicted octanol–water partition coefficient (Wildman–Crippen LogP) is 0.468. The fourth-order valence-electron chi connectivity index (χ4n) is 1.88. The summed E-state index contributed by atoms with van der Waals surface area (Å²) in [6.07, 6.45) is 4.59. The first-order chi connectivity index (χ1) is 10.1. The van der Waals surface area contributed by atoms with Crippen molar-refractivity contribution >= 4 is 29.9 Å². The number of hydrogen-bond acceptors (Lipinski definition) is 4. The van der Waals surface area contributed by atoms with Crippen LogP contribution in [0.1, 0.15) is 22.9 Å². The number of aromatic amines is 1. The first-order valence-corrected chi connectivity index (χ1v) is 6.70. The van der Waals surface area contributed by atoms with E-state index in [2.05, 4.69) is 30.9 Å². The van der Waals surface area contributed by atoms with Crippen molar-refractivity contribution in [3.05, 3.63) is 35.4 Å². The second kappa shape index (κ2) is 8.73. The van der Waals surface area contributed by atoms with Crippen LogP contribution in [-0.4, -0.2) is 44.6 Å². The molecule has 2 aromatic heterocycles. The second-order valence-corrected chi connectivity index (χ2v) is 4.79. The Morgan fingerprint density at radius 2 is 2.23 bits per heavy atom. The number of hydrogen-bond donors (Lipinski definition) is 4. The van der Waals surface area contributed by atoms with Gasteiger partial charge in [0.25, 0.3) is 0 Å². The van der Waals surface area contributed by atoms with Gasteiger partial charge in [-0.25, -0.2) is 0 Å². The molecule has 0 amide bonds. The molecule has 0 aliphatic carbocycles. The molecule has 0 fully saturated rings. The zero-order chi connectivity index (χ0) is 15.2. The van der Waals surface area contributed by atoms with Gasteiger partial charge in [-0.2, -0.15) is 10.2 Å². The Hall–Kier alpha value is -1.62. The Kier molecular flexibility index (Phi) is 7.32. The Bertz CT molecular complexity index is 607. The quantitative estimate of drug-likeness (QED) is 0.321. The number of nitrogens with zero attached hydrogens (tertiary/aromatic N) is 4. The van der Waals surface area contributed by atoms with E-state index in [1.165, 1.54) is 0 Å². The van der Waals surface area contributed by atoms with Gasteiger partial charge < -0.3 is 15.7 Å². The lowest BCUT2D eigenvalue weighted by atomic mass is 10.2. The number of aryl methyl sites for hydroxylation is 2. The van der Waals surface area contributed by atoms with Crippen LogP contribution >= 0.6 is 24.0 Å². The number of aliphatic hydroxyl groups is 1. The van der Waals surface area contributed by atoms with E-state index in [0.717, 1.165) is 16.8 Å². The number of rotatable bonds is 5. The average Bonchev–Trinajstić information content (AvgIpc) is 3.08. The monoisotopic (exact) mass is 419 g/mol. The summed E-state index contributed by atoms with van der Waals surface area (Å²) < 4.78 is 1.66. The van der Waals surface area contributed by atoms with Crippen LogP contribution in [0.25, 0.3) is 0 Å². The van der Waals surface area contributed by atoms with E-state index in [1.807, 2.05) is 14.0 Å². The van der Waals surface area contributed by atoms with Gasteiger partial charge in [0.05, 0.1) is 18.5 Å². The number of H-pyrrole nitrogens is 1. The summed E-state index contributed by atoms with van der Waals surface area (Å²) in [6.45, 7) is 2.94. The van der Waals surface area contributed by atoms with E-state index < -0.39 is 6.10 Å². The summed E-state index contributed by atoms with van der Waals surface area (Å²) in [5.41, 5.74) is 2.87. The number of aromatic nitrogens is 4. The summed E-state index contributed by atoms with van der Waals surface area (Å²) in [5.74, 6) is 0.624. The highest BCUT2D eigenvalue weighted by Gasteiger charge is 2.10. The number of aliphatic hydroxyl groups excluding tert-OH is 1. The van der Waals surface area contributed by atoms with Crippen molar-refractivity contribution in [2.75, 3.05) is 13.6 Å². The summed E-state index contributed by atoms with van der Waals surface area (Å²) in [4.78, 5) is 4.12. The zero-order valence-corrected chi connectivity index (χ0v) is 15.2. The minimum Gasteiger partial charge on any atom is -0.386 e. The molecule has 0 saturated carbocycles. The molecule has 4 N–H and O–H groups in total. The topological polar surface area (TPSA) is 103 Å². The molecule has 22 heavy (non-hydrogen) atoms. The molecule has 122 valence electrons. The van der Waals surface area contributed by atoms with Gasteiger partial charge in [0.1, 0.15) is 0 Å². The lowest BCUT2D eigenvalue weighted by Gasteiger charge is -2.14. The SMILES string of the molecule is CN=C(NCc1cn[nH]c1C)NCC(O)c1cnn(C)c1.I. The highest BCUT2D eigenvalue weighted by atomic mass is 127. The van der Waals surface area contributed by atoms with Gasteiger partial charge in [-0.05, 0) is 6.92 Å². The van der Waals surface area contributed by atoms with Crippen molar-refractivity contribution in [2.45, 2.75) is 19.6 Å². The maximum atomic E-state index is 10.1. The molecule has 1 atom stereocenters. The molecule has 2 aromatic rings. The van der Waals surface area contributed by atoms with Crippen LogP contribution in [0.15, 0.2) is 23.6 Å². The molecule has 2 rings (SSSR count). The Morgan fingerprint density at radius 1 is 1.45 bits per heavy atom. The second-order valence-electron chi connectivity index (χ2n) is 4.79. The summed E-state index contributed by atoms with van der Waals surface area (Å²) in [6, 6.07) is 0. The third-order valence-corrected chi connectivity index (χ3v) is 3.18. The molecule has 8 nitrogen and oxygen atoms in total. The highest BCUT2D eigenvalue weighted by Crippen LogP contribution is 2.09. The zero-order valence-electron chi connectivity index (χ0n) is 12.9. The fraction of sp³-hybridized carbons (Fsp3) is 0.462. The number of nitrogens with one attached hydrogen (secondary N) is 3. The Labute approximate surface area is 146 Å². The van der Waals surface area contributed by atoms with Gasteiger partial charge in [0.2, 0.25) is 0 Å². The third-order valence-electron chi connectivity index (χ3n) is 3.18. The van der Waals surface area contributed by atoms with Crippen LogP contribution in [0.3, 0.4) is 0 Å². The molecule has 0 spiro atoms. The molecule has 0 aromatic carbocycles. The largest absolute Gasteiger partial charge is 0.386 e. The summed E-state index contributed by atoms with van der Waals surface area (Å²) in [7, 11) is 3.51. The van der Waals surface area contributed by atoms with Gasteiger partial charge in [-0.3, -0.25) is 14.8 Å². The van der Waals surface area contributed by atoms with E-state index in [1.54, 1.807) is 30.3 Å². The maximum Gasteiger partial charge on any atom is 0.191 e. The van der Waals surface area contributed by atoms with Crippen molar-refractivity contribution < 1.29 is 5.11 Å². The molecule has 9 heteroatoms. The summed E-state index contributed by atoms with van der Waals surface area (Å²) in [5, 5.41) is 27.2. The molecule has 0 aliphatic rings. The van der Waals surface area contributed by atoms with Crippen LogP contribution in [0.4, 0.5) is 0 Å². The lowest BCUT2D eigenvalue weighted by molar-refractivity contribution is 0.180. The first-order valence-electron chi connectivity index (χ1n) is 6.70. The normalized spacial score (nSPS) is 12.6. The number of guanidine groups is 1. The van der Waals surface area contributed by atoms with E-state index in [9.17, 15) is 5.11 Å². The molecule has 1 unspecified atom stereocenters. The van der Waals surface area contributed by atoms with Gasteiger partial charge in [-0.1, -0.05) is 0 Å². The lowest BCUT2D eigenvalue weighted by Crippen LogP contribution is -2.39. The fourth-order valence-corrected chi connectivity index (χ4v) is 1.88. The van der Waals surface area contributed by atoms with Crippen LogP contribution in [0.5, 0.6) is 0 Å². The molecule has 0 saturated heterocycles. The van der Waals surface area contributed by atoms with E-state index in [-0.39, 0.29) is 24.0 Å². The van der Waals surface area contributed by atoms with E-state index in [4.69, 9.17) is 0 Å². The van der Waals surface area contributed by atoms with Crippen molar-refractivity contribution in [1.82, 2.24) is 30.6 Å². The molecule has 0 aliphatic heterocycles. The predicted molar refractivity (Wildman–Crippen MR) is 95.1 cm³/mol. The molecule has 0 radical (unpaired) electrons. The Balaban J connectivity index is 0.00000242. The maximum absolute atomic E-state index is 10.1. The number of aliphatic imine (C=N–C) groups is 1.